The fourth-order valence-corrected chi connectivity index (χ4v) is 3.97. The number of benzene rings is 1. The van der Waals surface area contributed by atoms with Gasteiger partial charge in [0, 0.05) is 6.42 Å². The molecule has 0 N–H and O–H groups in total. The van der Waals surface area contributed by atoms with Gasteiger partial charge < -0.3 is 0 Å². The Morgan fingerprint density at radius 2 is 1.76 bits per heavy atom. The molecular formula is C18H24FNO. The lowest BCUT2D eigenvalue weighted by molar-refractivity contribution is -0.120. The first-order valence-electron chi connectivity index (χ1n) is 8.14. The first kappa shape index (κ1) is 14.7. The molecule has 1 aliphatic heterocycles. The van der Waals surface area contributed by atoms with Gasteiger partial charge in [0.2, 0.25) is 0 Å². The van der Waals surface area contributed by atoms with Crippen LogP contribution in [0.1, 0.15) is 44.1 Å². The average molecular weight is 289 g/mol. The number of Topliss-reactive ketones (excluding diaryl/α,β-unsaturated/α-hetero) is 1. The third kappa shape index (κ3) is 3.52. The van der Waals surface area contributed by atoms with E-state index < -0.39 is 0 Å². The Labute approximate surface area is 126 Å². The van der Waals surface area contributed by atoms with Crippen molar-refractivity contribution < 1.29 is 9.18 Å². The lowest BCUT2D eigenvalue weighted by Crippen LogP contribution is -2.41. The van der Waals surface area contributed by atoms with Gasteiger partial charge >= 0.3 is 0 Å². The van der Waals surface area contributed by atoms with Crippen molar-refractivity contribution in [3.05, 3.63) is 35.6 Å². The lowest BCUT2D eigenvalue weighted by atomic mass is 9.77. The number of carbonyl (C=O) groups is 1. The minimum atomic E-state index is -0.269. The van der Waals surface area contributed by atoms with Crippen molar-refractivity contribution in [1.82, 2.24) is 4.90 Å². The lowest BCUT2D eigenvalue weighted by Gasteiger charge is -2.39. The highest BCUT2D eigenvalue weighted by Gasteiger charge is 2.37. The number of halogens is 1. The molecule has 0 atom stereocenters. The monoisotopic (exact) mass is 289 g/mol. The number of hydrogen-bond donors (Lipinski definition) is 0. The first-order valence-corrected chi connectivity index (χ1v) is 8.14. The second-order valence-electron chi connectivity index (χ2n) is 6.79. The summed E-state index contributed by atoms with van der Waals surface area (Å²) in [5.74, 6) is -0.142. The van der Waals surface area contributed by atoms with Crippen LogP contribution in [0, 0.1) is 11.2 Å². The molecule has 1 saturated heterocycles. The van der Waals surface area contributed by atoms with E-state index in [0.29, 0.717) is 17.5 Å². The third-order valence-corrected chi connectivity index (χ3v) is 5.33. The molecule has 1 aromatic rings. The molecular weight excluding hydrogens is 265 g/mol. The van der Waals surface area contributed by atoms with E-state index in [-0.39, 0.29) is 18.0 Å². The SMILES string of the molecule is O=C(Cc1ccccc1F)CN1CCC2(CCCC2)CC1. The molecule has 114 valence electrons. The normalized spacial score (nSPS) is 21.8. The van der Waals surface area contributed by atoms with Crippen molar-refractivity contribution in [2.45, 2.75) is 44.9 Å². The van der Waals surface area contributed by atoms with Crippen LogP contribution in [-0.4, -0.2) is 30.3 Å². The van der Waals surface area contributed by atoms with Crippen LogP contribution in [-0.2, 0) is 11.2 Å². The number of nitrogens with zero attached hydrogens (tertiary/aromatic N) is 1. The molecule has 1 heterocycles. The van der Waals surface area contributed by atoms with E-state index in [9.17, 15) is 9.18 Å². The molecule has 21 heavy (non-hydrogen) atoms. The average Bonchev–Trinajstić information content (AvgIpc) is 2.93. The summed E-state index contributed by atoms with van der Waals surface area (Å²) >= 11 is 0. The fraction of sp³-hybridized carbons (Fsp3) is 0.611. The molecule has 3 rings (SSSR count). The van der Waals surface area contributed by atoms with Crippen LogP contribution in [0.15, 0.2) is 24.3 Å². The molecule has 0 unspecified atom stereocenters. The van der Waals surface area contributed by atoms with E-state index in [1.54, 1.807) is 18.2 Å². The summed E-state index contributed by atoms with van der Waals surface area (Å²) in [5.41, 5.74) is 1.11. The van der Waals surface area contributed by atoms with Crippen LogP contribution in [0.25, 0.3) is 0 Å². The minimum absolute atomic E-state index is 0.127. The zero-order chi connectivity index (χ0) is 14.7. The van der Waals surface area contributed by atoms with Crippen molar-refractivity contribution >= 4 is 5.78 Å². The van der Waals surface area contributed by atoms with Gasteiger partial charge in [-0.2, -0.15) is 0 Å². The van der Waals surface area contributed by atoms with Crippen LogP contribution in [0.5, 0.6) is 0 Å². The molecule has 2 nitrogen and oxygen atoms in total. The van der Waals surface area contributed by atoms with Gasteiger partial charge in [-0.15, -0.1) is 0 Å². The number of ketones is 1. The first-order chi connectivity index (χ1) is 10.2. The summed E-state index contributed by atoms with van der Waals surface area (Å²) in [6.45, 7) is 2.54. The molecule has 0 bridgehead atoms. The molecule has 1 spiro atoms. The largest absolute Gasteiger partial charge is 0.298 e. The summed E-state index contributed by atoms with van der Waals surface area (Å²) in [5, 5.41) is 0. The summed E-state index contributed by atoms with van der Waals surface area (Å²) in [4.78, 5) is 14.4. The van der Waals surface area contributed by atoms with Crippen LogP contribution in [0.4, 0.5) is 4.39 Å². The Morgan fingerprint density at radius 1 is 1.10 bits per heavy atom. The van der Waals surface area contributed by atoms with Crippen LogP contribution in [0.2, 0.25) is 0 Å². The third-order valence-electron chi connectivity index (χ3n) is 5.33. The van der Waals surface area contributed by atoms with Crippen molar-refractivity contribution in [1.29, 1.82) is 0 Å². The smallest absolute Gasteiger partial charge is 0.151 e. The predicted octanol–water partition coefficient (Wildman–Crippen LogP) is 3.59. The molecule has 1 saturated carbocycles. The number of hydrogen-bond acceptors (Lipinski definition) is 2. The molecule has 3 heteroatoms. The summed E-state index contributed by atoms with van der Waals surface area (Å²) in [7, 11) is 0. The zero-order valence-electron chi connectivity index (χ0n) is 12.6. The number of likely N-dealkylation sites (tertiary alicyclic amines) is 1. The topological polar surface area (TPSA) is 20.3 Å². The highest BCUT2D eigenvalue weighted by Crippen LogP contribution is 2.45. The van der Waals surface area contributed by atoms with Gasteiger partial charge in [0.05, 0.1) is 6.54 Å². The molecule has 0 aromatic heterocycles. The van der Waals surface area contributed by atoms with Crippen molar-refractivity contribution in [3.8, 4) is 0 Å². The fourth-order valence-electron chi connectivity index (χ4n) is 3.97. The summed E-state index contributed by atoms with van der Waals surface area (Å²) in [6, 6.07) is 6.58. The van der Waals surface area contributed by atoms with E-state index in [1.807, 2.05) is 0 Å². The van der Waals surface area contributed by atoms with Crippen LogP contribution < -0.4 is 0 Å². The highest BCUT2D eigenvalue weighted by molar-refractivity contribution is 5.82. The van der Waals surface area contributed by atoms with Gasteiger partial charge in [0.15, 0.2) is 5.78 Å². The van der Waals surface area contributed by atoms with E-state index in [1.165, 1.54) is 44.6 Å². The van der Waals surface area contributed by atoms with Crippen molar-refractivity contribution in [3.63, 3.8) is 0 Å². The molecule has 2 fully saturated rings. The van der Waals surface area contributed by atoms with Gasteiger partial charge in [-0.1, -0.05) is 31.0 Å². The molecule has 1 aliphatic carbocycles. The maximum Gasteiger partial charge on any atom is 0.151 e. The standard InChI is InChI=1S/C18H24FNO/c19-17-6-2-1-5-15(17)13-16(21)14-20-11-9-18(10-12-20)7-3-4-8-18/h1-2,5-6H,3-4,7-14H2. The van der Waals surface area contributed by atoms with Crippen LogP contribution in [0.3, 0.4) is 0 Å². The minimum Gasteiger partial charge on any atom is -0.298 e. The van der Waals surface area contributed by atoms with E-state index in [0.717, 1.165) is 13.1 Å². The van der Waals surface area contributed by atoms with Gasteiger partial charge in [-0.3, -0.25) is 9.69 Å². The summed E-state index contributed by atoms with van der Waals surface area (Å²) < 4.78 is 13.6. The Morgan fingerprint density at radius 3 is 2.43 bits per heavy atom. The Kier molecular flexibility index (Phi) is 4.39. The second-order valence-corrected chi connectivity index (χ2v) is 6.79. The Balaban J connectivity index is 1.49. The number of rotatable bonds is 4. The van der Waals surface area contributed by atoms with Gasteiger partial charge in [0.25, 0.3) is 0 Å². The van der Waals surface area contributed by atoms with Gasteiger partial charge in [0.1, 0.15) is 5.82 Å². The molecule has 2 aliphatic rings. The van der Waals surface area contributed by atoms with E-state index in [4.69, 9.17) is 0 Å². The molecule has 0 amide bonds. The second kappa shape index (κ2) is 6.27. The van der Waals surface area contributed by atoms with Gasteiger partial charge in [-0.05, 0) is 55.8 Å². The van der Waals surface area contributed by atoms with Gasteiger partial charge in [-0.25, -0.2) is 4.39 Å². The molecule has 0 radical (unpaired) electrons. The van der Waals surface area contributed by atoms with Crippen molar-refractivity contribution in [2.24, 2.45) is 5.41 Å². The maximum absolute atomic E-state index is 13.6. The number of piperidine rings is 1. The van der Waals surface area contributed by atoms with E-state index >= 15 is 0 Å². The Hall–Kier alpha value is -1.22. The van der Waals surface area contributed by atoms with Crippen molar-refractivity contribution in [2.75, 3.05) is 19.6 Å². The Bertz CT molecular complexity index is 498. The van der Waals surface area contributed by atoms with Crippen LogP contribution >= 0.6 is 0 Å². The number of carbonyl (C=O) groups excluding carboxylic acids is 1. The zero-order valence-corrected chi connectivity index (χ0v) is 12.6. The molecule has 1 aromatic carbocycles. The predicted molar refractivity (Wildman–Crippen MR) is 81.7 cm³/mol. The summed E-state index contributed by atoms with van der Waals surface area (Å²) in [6.07, 6.45) is 8.21. The van der Waals surface area contributed by atoms with E-state index in [2.05, 4.69) is 4.90 Å². The quantitative estimate of drug-likeness (QED) is 0.844. The maximum atomic E-state index is 13.6. The highest BCUT2D eigenvalue weighted by atomic mass is 19.1.